The number of rotatable bonds is 7. The maximum atomic E-state index is 14.0. The first-order valence-corrected chi connectivity index (χ1v) is 11.6. The van der Waals surface area contributed by atoms with E-state index < -0.39 is 17.8 Å². The molecule has 2 N–H and O–H groups in total. The zero-order valence-electron chi connectivity index (χ0n) is 18.8. The van der Waals surface area contributed by atoms with Crippen LogP contribution < -0.4 is 10.6 Å². The van der Waals surface area contributed by atoms with Crippen molar-refractivity contribution in [3.05, 3.63) is 70.5 Å². The van der Waals surface area contributed by atoms with Gasteiger partial charge in [-0.2, -0.15) is 0 Å². The van der Waals surface area contributed by atoms with Crippen LogP contribution in [-0.2, 0) is 4.79 Å². The maximum Gasteiger partial charge on any atom is 0.256 e. The molecule has 2 aromatic rings. The van der Waals surface area contributed by atoms with Gasteiger partial charge < -0.3 is 15.5 Å². The Morgan fingerprint density at radius 1 is 1.03 bits per heavy atom. The summed E-state index contributed by atoms with van der Waals surface area (Å²) in [5, 5.41) is 6.11. The molecule has 0 aliphatic carbocycles. The molecule has 1 aliphatic heterocycles. The van der Waals surface area contributed by atoms with Crippen LogP contribution in [0.2, 0.25) is 5.02 Å². The largest absolute Gasteiger partial charge is 0.352 e. The van der Waals surface area contributed by atoms with Gasteiger partial charge in [-0.25, -0.2) is 4.39 Å². The van der Waals surface area contributed by atoms with Crippen LogP contribution in [0.1, 0.15) is 53.8 Å². The standard InChI is InChI=1S/C25H29ClFN3O3/c1-3-16(2)28-24(32)22(29-23(31)18-8-4-6-10-20(18)26)17-12-14-30(15-13-17)25(33)19-9-5-7-11-21(19)27/h4-11,16-17,22H,3,12-15H2,1-2H3,(H,28,32)(H,29,31)/t16-,22+/m1/s1. The van der Waals surface area contributed by atoms with E-state index in [-0.39, 0.29) is 29.3 Å². The summed E-state index contributed by atoms with van der Waals surface area (Å²) < 4.78 is 14.0. The second-order valence-corrected chi connectivity index (χ2v) is 8.77. The molecular weight excluding hydrogens is 445 g/mol. The molecule has 0 saturated carbocycles. The van der Waals surface area contributed by atoms with Crippen molar-refractivity contribution in [3.8, 4) is 0 Å². The number of carbonyl (C=O) groups is 3. The number of piperidine rings is 1. The van der Waals surface area contributed by atoms with Crippen molar-refractivity contribution in [3.63, 3.8) is 0 Å². The lowest BCUT2D eigenvalue weighted by Crippen LogP contribution is -2.55. The van der Waals surface area contributed by atoms with Crippen LogP contribution in [0.25, 0.3) is 0 Å². The summed E-state index contributed by atoms with van der Waals surface area (Å²) in [7, 11) is 0. The van der Waals surface area contributed by atoms with Crippen molar-refractivity contribution in [2.24, 2.45) is 5.92 Å². The minimum absolute atomic E-state index is 0.0361. The molecule has 33 heavy (non-hydrogen) atoms. The van der Waals surface area contributed by atoms with E-state index in [9.17, 15) is 18.8 Å². The summed E-state index contributed by atoms with van der Waals surface area (Å²) in [6.07, 6.45) is 1.76. The third-order valence-electron chi connectivity index (χ3n) is 6.09. The molecule has 2 atom stereocenters. The van der Waals surface area contributed by atoms with E-state index in [2.05, 4.69) is 10.6 Å². The van der Waals surface area contributed by atoms with Crippen molar-refractivity contribution in [2.45, 2.75) is 45.2 Å². The fourth-order valence-corrected chi connectivity index (χ4v) is 4.16. The van der Waals surface area contributed by atoms with Crippen molar-refractivity contribution < 1.29 is 18.8 Å². The number of hydrogen-bond acceptors (Lipinski definition) is 3. The first kappa shape index (κ1) is 24.7. The maximum absolute atomic E-state index is 14.0. The predicted octanol–water partition coefficient (Wildman–Crippen LogP) is 4.04. The highest BCUT2D eigenvalue weighted by Gasteiger charge is 2.35. The monoisotopic (exact) mass is 473 g/mol. The molecule has 3 rings (SSSR count). The van der Waals surface area contributed by atoms with Gasteiger partial charge in [0, 0.05) is 19.1 Å². The first-order chi connectivity index (χ1) is 15.8. The highest BCUT2D eigenvalue weighted by molar-refractivity contribution is 6.33. The Kier molecular flexibility index (Phi) is 8.44. The van der Waals surface area contributed by atoms with Crippen molar-refractivity contribution >= 4 is 29.3 Å². The lowest BCUT2D eigenvalue weighted by atomic mass is 9.88. The van der Waals surface area contributed by atoms with E-state index in [0.717, 1.165) is 6.42 Å². The lowest BCUT2D eigenvalue weighted by molar-refractivity contribution is -0.125. The molecule has 0 aromatic heterocycles. The van der Waals surface area contributed by atoms with Gasteiger partial charge in [0.05, 0.1) is 16.1 Å². The number of nitrogens with one attached hydrogen (secondary N) is 2. The molecule has 1 aliphatic rings. The zero-order valence-corrected chi connectivity index (χ0v) is 19.6. The van der Waals surface area contributed by atoms with Gasteiger partial charge in [0.25, 0.3) is 11.8 Å². The summed E-state index contributed by atoms with van der Waals surface area (Å²) in [4.78, 5) is 40.3. The van der Waals surface area contributed by atoms with Gasteiger partial charge in [-0.05, 0) is 56.4 Å². The van der Waals surface area contributed by atoms with Gasteiger partial charge in [-0.1, -0.05) is 42.8 Å². The molecule has 1 saturated heterocycles. The minimum Gasteiger partial charge on any atom is -0.352 e. The van der Waals surface area contributed by atoms with Gasteiger partial charge in [0.2, 0.25) is 5.91 Å². The molecule has 3 amide bonds. The number of likely N-dealkylation sites (tertiary alicyclic amines) is 1. The van der Waals surface area contributed by atoms with E-state index in [1.807, 2.05) is 13.8 Å². The number of carbonyl (C=O) groups excluding carboxylic acids is 3. The van der Waals surface area contributed by atoms with E-state index in [0.29, 0.717) is 36.5 Å². The van der Waals surface area contributed by atoms with Crippen molar-refractivity contribution in [1.29, 1.82) is 0 Å². The van der Waals surface area contributed by atoms with Gasteiger partial charge in [0.1, 0.15) is 11.9 Å². The molecule has 1 heterocycles. The highest BCUT2D eigenvalue weighted by Crippen LogP contribution is 2.24. The van der Waals surface area contributed by atoms with E-state index in [1.54, 1.807) is 41.3 Å². The van der Waals surface area contributed by atoms with Gasteiger partial charge in [-0.3, -0.25) is 14.4 Å². The number of nitrogens with zero attached hydrogens (tertiary/aromatic N) is 1. The lowest BCUT2D eigenvalue weighted by Gasteiger charge is -2.36. The summed E-state index contributed by atoms with van der Waals surface area (Å²) in [5.41, 5.74) is 0.335. The Morgan fingerprint density at radius 2 is 1.64 bits per heavy atom. The van der Waals surface area contributed by atoms with Crippen molar-refractivity contribution in [2.75, 3.05) is 13.1 Å². The van der Waals surface area contributed by atoms with Gasteiger partial charge in [-0.15, -0.1) is 0 Å². The summed E-state index contributed by atoms with van der Waals surface area (Å²) in [6, 6.07) is 11.8. The van der Waals surface area contributed by atoms with Crippen LogP contribution in [0.15, 0.2) is 48.5 Å². The molecular formula is C25H29ClFN3O3. The van der Waals surface area contributed by atoms with Crippen molar-refractivity contribution in [1.82, 2.24) is 15.5 Å². The summed E-state index contributed by atoms with van der Waals surface area (Å²) in [5.74, 6) is -1.78. The molecule has 0 radical (unpaired) electrons. The topological polar surface area (TPSA) is 78.5 Å². The molecule has 0 unspecified atom stereocenters. The Labute approximate surface area is 198 Å². The SMILES string of the molecule is CC[C@@H](C)NC(=O)[C@@H](NC(=O)c1ccccc1Cl)C1CCN(C(=O)c2ccccc2F)CC1. The second kappa shape index (κ2) is 11.3. The van der Waals surface area contributed by atoms with Crippen LogP contribution >= 0.6 is 11.6 Å². The quantitative estimate of drug-likeness (QED) is 0.637. The Hall–Kier alpha value is -2.93. The average Bonchev–Trinajstić information content (AvgIpc) is 2.82. The molecule has 0 bridgehead atoms. The van der Waals surface area contributed by atoms with E-state index in [4.69, 9.17) is 11.6 Å². The molecule has 6 nitrogen and oxygen atoms in total. The van der Waals surface area contributed by atoms with Gasteiger partial charge in [0.15, 0.2) is 0 Å². The van der Waals surface area contributed by atoms with E-state index >= 15 is 0 Å². The zero-order chi connectivity index (χ0) is 24.0. The van der Waals surface area contributed by atoms with Crippen LogP contribution in [-0.4, -0.2) is 47.8 Å². The normalized spacial score (nSPS) is 16.1. The third-order valence-corrected chi connectivity index (χ3v) is 6.42. The smallest absolute Gasteiger partial charge is 0.256 e. The third kappa shape index (κ3) is 6.11. The minimum atomic E-state index is -0.770. The Morgan fingerprint density at radius 3 is 2.24 bits per heavy atom. The summed E-state index contributed by atoms with van der Waals surface area (Å²) in [6.45, 7) is 4.61. The fourth-order valence-electron chi connectivity index (χ4n) is 3.94. The molecule has 2 aromatic carbocycles. The molecule has 8 heteroatoms. The van der Waals surface area contributed by atoms with Crippen LogP contribution in [0.5, 0.6) is 0 Å². The number of hydrogen-bond donors (Lipinski definition) is 2. The van der Waals surface area contributed by atoms with E-state index in [1.165, 1.54) is 12.1 Å². The predicted molar refractivity (Wildman–Crippen MR) is 126 cm³/mol. The average molecular weight is 474 g/mol. The van der Waals surface area contributed by atoms with Crippen LogP contribution in [0, 0.1) is 11.7 Å². The number of halogens is 2. The number of benzene rings is 2. The van der Waals surface area contributed by atoms with Gasteiger partial charge >= 0.3 is 0 Å². The highest BCUT2D eigenvalue weighted by atomic mass is 35.5. The first-order valence-electron chi connectivity index (χ1n) is 11.2. The molecule has 176 valence electrons. The van der Waals surface area contributed by atoms with Crippen LogP contribution in [0.4, 0.5) is 4.39 Å². The fraction of sp³-hybridized carbons (Fsp3) is 0.400. The Bertz CT molecular complexity index is 1010. The molecule has 1 fully saturated rings. The molecule has 0 spiro atoms. The second-order valence-electron chi connectivity index (χ2n) is 8.36. The Balaban J connectivity index is 1.72. The summed E-state index contributed by atoms with van der Waals surface area (Å²) >= 11 is 6.16. The van der Waals surface area contributed by atoms with Crippen LogP contribution in [0.3, 0.4) is 0 Å². The number of amides is 3.